The SMILES string of the molecule is CN=C(NCCS(=O)(=O)c1ccccc1F)N(C)Cc1ccc(OC(F)F)cc1. The Labute approximate surface area is 167 Å². The van der Waals surface area contributed by atoms with Gasteiger partial charge in [-0.25, -0.2) is 12.8 Å². The highest BCUT2D eigenvalue weighted by Crippen LogP contribution is 2.16. The highest BCUT2D eigenvalue weighted by Gasteiger charge is 2.19. The van der Waals surface area contributed by atoms with Gasteiger partial charge >= 0.3 is 6.61 Å². The van der Waals surface area contributed by atoms with E-state index in [0.717, 1.165) is 11.6 Å². The molecular weight excluding hydrogens is 407 g/mol. The van der Waals surface area contributed by atoms with Gasteiger partial charge in [-0.2, -0.15) is 8.78 Å². The average Bonchev–Trinajstić information content (AvgIpc) is 2.66. The molecule has 0 saturated carbocycles. The Bertz CT molecular complexity index is 935. The summed E-state index contributed by atoms with van der Waals surface area (Å²) in [6.45, 7) is -2.45. The Balaban J connectivity index is 1.92. The molecule has 0 bridgehead atoms. The van der Waals surface area contributed by atoms with Crippen molar-refractivity contribution in [3.8, 4) is 5.75 Å². The fourth-order valence-electron chi connectivity index (χ4n) is 2.61. The summed E-state index contributed by atoms with van der Waals surface area (Å²) in [7, 11) is -0.495. The van der Waals surface area contributed by atoms with Crippen LogP contribution in [0.3, 0.4) is 0 Å². The van der Waals surface area contributed by atoms with E-state index in [1.165, 1.54) is 30.3 Å². The van der Waals surface area contributed by atoms with Crippen LogP contribution in [0.4, 0.5) is 13.2 Å². The van der Waals surface area contributed by atoms with Crippen molar-refractivity contribution >= 4 is 15.8 Å². The zero-order valence-electron chi connectivity index (χ0n) is 16.0. The average molecular weight is 429 g/mol. The first kappa shape index (κ1) is 22.5. The van der Waals surface area contributed by atoms with E-state index in [1.807, 2.05) is 0 Å². The lowest BCUT2D eigenvalue weighted by atomic mass is 10.2. The molecule has 0 spiro atoms. The molecule has 0 amide bonds. The standard InChI is InChI=1S/C19H22F3N3O3S/c1-23-19(24-11-12-29(26,27)17-6-4-3-5-16(17)20)25(2)13-14-7-9-15(10-8-14)28-18(21)22/h3-10,18H,11-13H2,1-2H3,(H,23,24). The smallest absolute Gasteiger partial charge is 0.387 e. The van der Waals surface area contributed by atoms with Gasteiger partial charge in [0.1, 0.15) is 16.5 Å². The first-order valence-corrected chi connectivity index (χ1v) is 10.3. The molecule has 2 rings (SSSR count). The Morgan fingerprint density at radius 2 is 1.83 bits per heavy atom. The molecule has 2 aromatic rings. The number of alkyl halides is 2. The molecule has 0 radical (unpaired) electrons. The Morgan fingerprint density at radius 1 is 1.17 bits per heavy atom. The molecule has 2 aromatic carbocycles. The molecule has 29 heavy (non-hydrogen) atoms. The van der Waals surface area contributed by atoms with Crippen LogP contribution in [0.25, 0.3) is 0 Å². The van der Waals surface area contributed by atoms with Gasteiger partial charge in [-0.15, -0.1) is 0 Å². The maximum Gasteiger partial charge on any atom is 0.387 e. The van der Waals surface area contributed by atoms with Crippen LogP contribution >= 0.6 is 0 Å². The Morgan fingerprint density at radius 3 is 2.41 bits per heavy atom. The lowest BCUT2D eigenvalue weighted by Gasteiger charge is -2.22. The summed E-state index contributed by atoms with van der Waals surface area (Å²) in [5.74, 6) is -0.595. The summed E-state index contributed by atoms with van der Waals surface area (Å²) in [5, 5.41) is 2.92. The second-order valence-electron chi connectivity index (χ2n) is 6.10. The third-order valence-electron chi connectivity index (χ3n) is 3.97. The van der Waals surface area contributed by atoms with Gasteiger partial charge in [0.15, 0.2) is 15.8 Å². The van der Waals surface area contributed by atoms with Crippen LogP contribution in [0, 0.1) is 5.82 Å². The maximum atomic E-state index is 13.7. The zero-order valence-corrected chi connectivity index (χ0v) is 16.8. The van der Waals surface area contributed by atoms with Crippen LogP contribution in [0.2, 0.25) is 0 Å². The second kappa shape index (κ2) is 10.1. The van der Waals surface area contributed by atoms with Crippen molar-refractivity contribution in [2.75, 3.05) is 26.4 Å². The second-order valence-corrected chi connectivity index (χ2v) is 8.18. The molecule has 0 aliphatic carbocycles. The van der Waals surface area contributed by atoms with Crippen LogP contribution in [-0.2, 0) is 16.4 Å². The van der Waals surface area contributed by atoms with Crippen LogP contribution in [0.5, 0.6) is 5.75 Å². The summed E-state index contributed by atoms with van der Waals surface area (Å²) >= 11 is 0. The van der Waals surface area contributed by atoms with Crippen molar-refractivity contribution in [1.29, 1.82) is 0 Å². The molecule has 158 valence electrons. The van der Waals surface area contributed by atoms with E-state index in [2.05, 4.69) is 15.0 Å². The lowest BCUT2D eigenvalue weighted by Crippen LogP contribution is -2.40. The van der Waals surface area contributed by atoms with Gasteiger partial charge in [0.05, 0.1) is 5.75 Å². The van der Waals surface area contributed by atoms with Crippen LogP contribution in [0.1, 0.15) is 5.56 Å². The summed E-state index contributed by atoms with van der Waals surface area (Å²) in [6.07, 6.45) is 0. The fraction of sp³-hybridized carbons (Fsp3) is 0.316. The number of aliphatic imine (C=N–C) groups is 1. The van der Waals surface area contributed by atoms with E-state index in [4.69, 9.17) is 0 Å². The number of hydrogen-bond acceptors (Lipinski definition) is 4. The van der Waals surface area contributed by atoms with E-state index >= 15 is 0 Å². The van der Waals surface area contributed by atoms with Crippen LogP contribution < -0.4 is 10.1 Å². The number of benzene rings is 2. The van der Waals surface area contributed by atoms with Crippen molar-refractivity contribution < 1.29 is 26.3 Å². The van der Waals surface area contributed by atoms with Gasteiger partial charge in [-0.1, -0.05) is 24.3 Å². The summed E-state index contributed by atoms with van der Waals surface area (Å²) in [5.41, 5.74) is 0.816. The largest absolute Gasteiger partial charge is 0.435 e. The van der Waals surface area contributed by atoms with E-state index in [1.54, 1.807) is 31.1 Å². The molecule has 0 aliphatic rings. The van der Waals surface area contributed by atoms with Gasteiger partial charge in [-0.05, 0) is 29.8 Å². The first-order valence-electron chi connectivity index (χ1n) is 8.66. The normalized spacial score (nSPS) is 12.1. The summed E-state index contributed by atoms with van der Waals surface area (Å²) < 4.78 is 67.0. The van der Waals surface area contributed by atoms with E-state index in [0.29, 0.717) is 12.5 Å². The monoisotopic (exact) mass is 429 g/mol. The molecule has 0 unspecified atom stereocenters. The Kier molecular flexibility index (Phi) is 7.89. The molecule has 0 atom stereocenters. The van der Waals surface area contributed by atoms with Gasteiger partial charge in [0.2, 0.25) is 0 Å². The van der Waals surface area contributed by atoms with Crippen molar-refractivity contribution in [1.82, 2.24) is 10.2 Å². The number of nitrogens with zero attached hydrogens (tertiary/aromatic N) is 2. The fourth-order valence-corrected chi connectivity index (χ4v) is 3.86. The van der Waals surface area contributed by atoms with Gasteiger partial charge in [0.25, 0.3) is 0 Å². The van der Waals surface area contributed by atoms with Crippen molar-refractivity contribution in [3.05, 3.63) is 59.9 Å². The van der Waals surface area contributed by atoms with Gasteiger partial charge in [0, 0.05) is 27.2 Å². The van der Waals surface area contributed by atoms with E-state index < -0.39 is 22.3 Å². The Hall–Kier alpha value is -2.75. The zero-order chi connectivity index (χ0) is 21.4. The molecule has 0 fully saturated rings. The highest BCUT2D eigenvalue weighted by atomic mass is 32.2. The third-order valence-corrected chi connectivity index (χ3v) is 5.71. The number of rotatable bonds is 8. The highest BCUT2D eigenvalue weighted by molar-refractivity contribution is 7.91. The lowest BCUT2D eigenvalue weighted by molar-refractivity contribution is -0.0498. The van der Waals surface area contributed by atoms with Gasteiger partial charge in [-0.3, -0.25) is 4.99 Å². The van der Waals surface area contributed by atoms with Crippen LogP contribution in [-0.4, -0.2) is 52.3 Å². The number of guanidine groups is 1. The quantitative estimate of drug-likeness (QED) is 0.516. The van der Waals surface area contributed by atoms with Crippen molar-refractivity contribution in [3.63, 3.8) is 0 Å². The number of hydrogen-bond donors (Lipinski definition) is 1. The minimum absolute atomic E-state index is 0.0366. The third kappa shape index (κ3) is 6.67. The summed E-state index contributed by atoms with van der Waals surface area (Å²) in [6, 6.07) is 11.4. The predicted octanol–water partition coefficient (Wildman–Crippen LogP) is 2.91. The molecule has 1 N–H and O–H groups in total. The molecule has 0 saturated heterocycles. The minimum atomic E-state index is -3.78. The number of ether oxygens (including phenoxy) is 1. The van der Waals surface area contributed by atoms with Crippen molar-refractivity contribution in [2.45, 2.75) is 18.1 Å². The van der Waals surface area contributed by atoms with Crippen molar-refractivity contribution in [2.24, 2.45) is 4.99 Å². The molecule has 6 nitrogen and oxygen atoms in total. The molecule has 0 aromatic heterocycles. The molecular formula is C19H22F3N3O3S. The van der Waals surface area contributed by atoms with E-state index in [-0.39, 0.29) is 22.9 Å². The topological polar surface area (TPSA) is 71.0 Å². The minimum Gasteiger partial charge on any atom is -0.435 e. The number of sulfone groups is 1. The van der Waals surface area contributed by atoms with Gasteiger partial charge < -0.3 is 15.0 Å². The molecule has 10 heteroatoms. The van der Waals surface area contributed by atoms with E-state index in [9.17, 15) is 21.6 Å². The number of halogens is 3. The molecule has 0 aliphatic heterocycles. The number of nitrogens with one attached hydrogen (secondary N) is 1. The molecule has 0 heterocycles. The maximum absolute atomic E-state index is 13.7. The summed E-state index contributed by atoms with van der Waals surface area (Å²) in [4.78, 5) is 5.49. The van der Waals surface area contributed by atoms with Crippen LogP contribution in [0.15, 0.2) is 58.4 Å². The first-order chi connectivity index (χ1) is 13.7. The predicted molar refractivity (Wildman–Crippen MR) is 104 cm³/mol.